The fourth-order valence-corrected chi connectivity index (χ4v) is 5.46. The summed E-state index contributed by atoms with van der Waals surface area (Å²) in [6.07, 6.45) is 3.16. The van der Waals surface area contributed by atoms with Crippen LogP contribution in [0.15, 0.2) is 36.4 Å². The maximum Gasteiger partial charge on any atom is 0.230 e. The lowest BCUT2D eigenvalue weighted by Gasteiger charge is -2.43. The van der Waals surface area contributed by atoms with E-state index in [2.05, 4.69) is 16.7 Å². The fourth-order valence-electron chi connectivity index (χ4n) is 5.46. The number of fused-ring (bicyclic) bond motifs is 2. The van der Waals surface area contributed by atoms with Crippen LogP contribution in [-0.4, -0.2) is 42.4 Å². The van der Waals surface area contributed by atoms with Gasteiger partial charge in [0.2, 0.25) is 11.8 Å². The molecule has 1 spiro atoms. The van der Waals surface area contributed by atoms with Crippen molar-refractivity contribution in [3.05, 3.63) is 70.3 Å². The Kier molecular flexibility index (Phi) is 6.59. The summed E-state index contributed by atoms with van der Waals surface area (Å²) < 4.78 is 34.3. The molecule has 1 saturated heterocycles. The second-order valence-corrected chi connectivity index (χ2v) is 9.86. The number of halogens is 2. The molecule has 1 saturated carbocycles. The Balaban J connectivity index is 1.38. The number of ether oxygens (including phenoxy) is 1. The predicted octanol–water partition coefficient (Wildman–Crippen LogP) is 3.17. The minimum Gasteiger partial charge on any atom is -0.365 e. The molecular formula is C27H31F2N3O3. The van der Waals surface area contributed by atoms with Crippen LogP contribution < -0.4 is 10.6 Å². The van der Waals surface area contributed by atoms with Gasteiger partial charge in [-0.15, -0.1) is 0 Å². The van der Waals surface area contributed by atoms with Crippen molar-refractivity contribution in [2.45, 2.75) is 57.4 Å². The molecule has 6 nitrogen and oxygen atoms in total. The first-order valence-corrected chi connectivity index (χ1v) is 12.3. The molecule has 3 aliphatic rings. The summed E-state index contributed by atoms with van der Waals surface area (Å²) in [5, 5.41) is 6.13. The van der Waals surface area contributed by atoms with Crippen LogP contribution in [0.3, 0.4) is 0 Å². The van der Waals surface area contributed by atoms with Crippen molar-refractivity contribution in [1.82, 2.24) is 15.5 Å². The summed E-state index contributed by atoms with van der Waals surface area (Å²) in [5.74, 6) is -2.39. The van der Waals surface area contributed by atoms with Crippen LogP contribution in [0.2, 0.25) is 0 Å². The van der Waals surface area contributed by atoms with Gasteiger partial charge in [-0.3, -0.25) is 9.59 Å². The van der Waals surface area contributed by atoms with Crippen LogP contribution in [0.5, 0.6) is 0 Å². The molecule has 2 atom stereocenters. The Morgan fingerprint density at radius 2 is 1.94 bits per heavy atom. The van der Waals surface area contributed by atoms with Gasteiger partial charge in [0, 0.05) is 32.6 Å². The Morgan fingerprint density at radius 1 is 1.17 bits per heavy atom. The van der Waals surface area contributed by atoms with Crippen LogP contribution >= 0.6 is 0 Å². The van der Waals surface area contributed by atoms with Gasteiger partial charge in [-0.25, -0.2) is 8.78 Å². The lowest BCUT2D eigenvalue weighted by Crippen LogP contribution is -2.55. The van der Waals surface area contributed by atoms with E-state index >= 15 is 0 Å². The molecule has 2 aromatic carbocycles. The molecule has 2 aliphatic heterocycles. The van der Waals surface area contributed by atoms with Crippen LogP contribution in [0, 0.1) is 17.6 Å². The average Bonchev–Trinajstić information content (AvgIpc) is 3.63. The molecule has 0 radical (unpaired) electrons. The zero-order valence-corrected chi connectivity index (χ0v) is 19.9. The van der Waals surface area contributed by atoms with Gasteiger partial charge >= 0.3 is 0 Å². The van der Waals surface area contributed by atoms with Gasteiger partial charge in [0.1, 0.15) is 5.60 Å². The molecule has 2 fully saturated rings. The van der Waals surface area contributed by atoms with Gasteiger partial charge < -0.3 is 20.3 Å². The molecular weight excluding hydrogens is 452 g/mol. The van der Waals surface area contributed by atoms with Gasteiger partial charge in [0.15, 0.2) is 11.6 Å². The van der Waals surface area contributed by atoms with Crippen LogP contribution in [0.4, 0.5) is 8.78 Å². The number of nitrogens with zero attached hydrogens (tertiary/aromatic N) is 1. The van der Waals surface area contributed by atoms with Crippen LogP contribution in [0.1, 0.15) is 48.4 Å². The third-order valence-electron chi connectivity index (χ3n) is 7.37. The molecule has 8 heteroatoms. The Bertz CT molecular complexity index is 1140. The molecule has 1 aliphatic carbocycles. The summed E-state index contributed by atoms with van der Waals surface area (Å²) in [5.41, 5.74) is 2.41. The van der Waals surface area contributed by atoms with E-state index in [1.807, 2.05) is 23.1 Å². The van der Waals surface area contributed by atoms with Crippen molar-refractivity contribution in [1.29, 1.82) is 0 Å². The summed E-state index contributed by atoms with van der Waals surface area (Å²) in [6, 6.07) is 10.7. The van der Waals surface area contributed by atoms with Gasteiger partial charge in [-0.05, 0) is 66.6 Å². The van der Waals surface area contributed by atoms with Gasteiger partial charge in [0.05, 0.1) is 12.5 Å². The lowest BCUT2D eigenvalue weighted by molar-refractivity contribution is -0.157. The highest BCUT2D eigenvalue weighted by atomic mass is 19.2. The van der Waals surface area contributed by atoms with E-state index in [0.29, 0.717) is 50.1 Å². The van der Waals surface area contributed by atoms with Crippen molar-refractivity contribution in [2.24, 2.45) is 5.92 Å². The molecule has 2 aromatic rings. The molecule has 186 valence electrons. The topological polar surface area (TPSA) is 70.7 Å². The number of carbonyl (C=O) groups excluding carboxylic acids is 2. The second kappa shape index (κ2) is 9.66. The normalized spacial score (nSPS) is 23.2. The number of amides is 2. The second-order valence-electron chi connectivity index (χ2n) is 9.86. The molecule has 1 unspecified atom stereocenters. The van der Waals surface area contributed by atoms with Crippen molar-refractivity contribution in [3.8, 4) is 0 Å². The number of hydrogen-bond acceptors (Lipinski definition) is 4. The summed E-state index contributed by atoms with van der Waals surface area (Å²) >= 11 is 0. The summed E-state index contributed by atoms with van der Waals surface area (Å²) in [6.45, 7) is 3.79. The highest BCUT2D eigenvalue weighted by Gasteiger charge is 2.53. The van der Waals surface area contributed by atoms with E-state index in [1.54, 1.807) is 0 Å². The number of carbonyl (C=O) groups is 2. The van der Waals surface area contributed by atoms with Crippen molar-refractivity contribution < 1.29 is 23.1 Å². The molecule has 2 amide bonds. The maximum atomic E-state index is 14.2. The zero-order chi connectivity index (χ0) is 24.6. The maximum absolute atomic E-state index is 14.2. The summed E-state index contributed by atoms with van der Waals surface area (Å²) in [7, 11) is 0. The largest absolute Gasteiger partial charge is 0.365 e. The number of piperidine rings is 1. The monoisotopic (exact) mass is 483 g/mol. The Morgan fingerprint density at radius 3 is 2.71 bits per heavy atom. The van der Waals surface area contributed by atoms with Gasteiger partial charge in [-0.2, -0.15) is 0 Å². The van der Waals surface area contributed by atoms with E-state index < -0.39 is 23.2 Å². The average molecular weight is 484 g/mol. The van der Waals surface area contributed by atoms with E-state index in [4.69, 9.17) is 4.74 Å². The first kappa shape index (κ1) is 23.9. The first-order chi connectivity index (χ1) is 16.9. The number of nitrogens with one attached hydrogen (secondary N) is 2. The number of hydrogen-bond donors (Lipinski definition) is 2. The third kappa shape index (κ3) is 4.82. The van der Waals surface area contributed by atoms with Gasteiger partial charge in [-0.1, -0.05) is 24.3 Å². The Labute approximate surface area is 204 Å². The highest BCUT2D eigenvalue weighted by Crippen LogP contribution is 2.48. The zero-order valence-electron chi connectivity index (χ0n) is 19.9. The first-order valence-electron chi connectivity index (χ1n) is 12.3. The minimum absolute atomic E-state index is 0.0130. The van der Waals surface area contributed by atoms with E-state index in [-0.39, 0.29) is 24.5 Å². The van der Waals surface area contributed by atoms with Crippen molar-refractivity contribution in [3.63, 3.8) is 0 Å². The SMILES string of the molecule is CC(=O)NCCc1cccc(CN(C(=O)C2CNCC[C@@]23OCc2cc(F)c(F)cc23)C2CC2)c1. The summed E-state index contributed by atoms with van der Waals surface area (Å²) in [4.78, 5) is 27.1. The van der Waals surface area contributed by atoms with Crippen LogP contribution in [0.25, 0.3) is 0 Å². The standard InChI is InChI=1S/C27H31F2N3O3/c1-17(33)31-9-7-18-3-2-4-19(11-18)15-32(21-5-6-21)26(34)23-14-30-10-8-27(23)22-13-25(29)24(28)12-20(22)16-35-27/h2-4,11-13,21,23,30H,5-10,14-16H2,1H3,(H,31,33)/t23?,27-/m0/s1. The minimum atomic E-state index is -0.945. The molecule has 2 N–H and O–H groups in total. The van der Waals surface area contributed by atoms with Crippen LogP contribution in [-0.2, 0) is 39.5 Å². The molecule has 0 bridgehead atoms. The van der Waals surface area contributed by atoms with Crippen molar-refractivity contribution in [2.75, 3.05) is 19.6 Å². The number of rotatable bonds is 7. The van der Waals surface area contributed by atoms with E-state index in [0.717, 1.165) is 24.0 Å². The molecule has 35 heavy (non-hydrogen) atoms. The van der Waals surface area contributed by atoms with E-state index in [1.165, 1.54) is 19.1 Å². The van der Waals surface area contributed by atoms with Crippen molar-refractivity contribution >= 4 is 11.8 Å². The molecule has 0 aromatic heterocycles. The third-order valence-corrected chi connectivity index (χ3v) is 7.37. The quantitative estimate of drug-likeness (QED) is 0.635. The lowest BCUT2D eigenvalue weighted by atomic mass is 9.75. The van der Waals surface area contributed by atoms with E-state index in [9.17, 15) is 18.4 Å². The fraction of sp³-hybridized carbons (Fsp3) is 0.481. The molecule has 2 heterocycles. The highest BCUT2D eigenvalue weighted by molar-refractivity contribution is 5.82. The predicted molar refractivity (Wildman–Crippen MR) is 126 cm³/mol. The Hall–Kier alpha value is -2.84. The van der Waals surface area contributed by atoms with Gasteiger partial charge in [0.25, 0.3) is 0 Å². The molecule has 5 rings (SSSR count). The number of benzene rings is 2. The smallest absolute Gasteiger partial charge is 0.230 e.